The number of amides is 1. The number of nitrogens with one attached hydrogen (secondary N) is 1. The van der Waals surface area contributed by atoms with E-state index in [0.717, 1.165) is 12.8 Å². The molecular formula is C10H17NO5. The second-order valence-electron chi connectivity index (χ2n) is 3.62. The fraction of sp³-hybridized carbons (Fsp3) is 0.800. The van der Waals surface area contributed by atoms with Gasteiger partial charge in [-0.2, -0.15) is 0 Å². The van der Waals surface area contributed by atoms with Crippen LogP contribution in [0.5, 0.6) is 0 Å². The van der Waals surface area contributed by atoms with Crippen LogP contribution >= 0.6 is 0 Å². The summed E-state index contributed by atoms with van der Waals surface area (Å²) in [7, 11) is 1.20. The summed E-state index contributed by atoms with van der Waals surface area (Å²) in [5, 5.41) is 11.3. The standard InChI is InChI=1S/C10H17NO5/c1-15-10(14)7(6-12)11-9(13)8-4-2-3-5-16-8/h7-8,12H,2-6H2,1H3,(H,11,13). The summed E-state index contributed by atoms with van der Waals surface area (Å²) >= 11 is 0. The Hall–Kier alpha value is -1.14. The largest absolute Gasteiger partial charge is 0.467 e. The summed E-state index contributed by atoms with van der Waals surface area (Å²) in [4.78, 5) is 22.8. The molecule has 1 aliphatic heterocycles. The lowest BCUT2D eigenvalue weighted by atomic mass is 10.1. The number of aliphatic hydroxyl groups excluding tert-OH is 1. The van der Waals surface area contributed by atoms with Gasteiger partial charge in [0.1, 0.15) is 6.10 Å². The van der Waals surface area contributed by atoms with Crippen molar-refractivity contribution in [2.45, 2.75) is 31.4 Å². The Morgan fingerprint density at radius 1 is 1.56 bits per heavy atom. The van der Waals surface area contributed by atoms with Crippen molar-refractivity contribution in [1.29, 1.82) is 0 Å². The Labute approximate surface area is 93.9 Å². The maximum Gasteiger partial charge on any atom is 0.330 e. The fourth-order valence-corrected chi connectivity index (χ4v) is 1.53. The number of carbonyl (C=O) groups excluding carboxylic acids is 2. The first kappa shape index (κ1) is 12.9. The first-order chi connectivity index (χ1) is 7.69. The highest BCUT2D eigenvalue weighted by Crippen LogP contribution is 2.12. The van der Waals surface area contributed by atoms with E-state index in [1.807, 2.05) is 0 Å². The molecule has 1 fully saturated rings. The Kier molecular flexibility index (Phi) is 5.21. The minimum atomic E-state index is -1.01. The molecule has 1 amide bonds. The van der Waals surface area contributed by atoms with Gasteiger partial charge in [-0.3, -0.25) is 4.79 Å². The predicted octanol–water partition coefficient (Wildman–Crippen LogP) is -0.794. The number of hydrogen-bond acceptors (Lipinski definition) is 5. The van der Waals surface area contributed by atoms with Gasteiger partial charge in [0.2, 0.25) is 5.91 Å². The molecule has 1 heterocycles. The molecule has 1 saturated heterocycles. The van der Waals surface area contributed by atoms with E-state index in [1.165, 1.54) is 7.11 Å². The highest BCUT2D eigenvalue weighted by atomic mass is 16.5. The molecule has 0 saturated carbocycles. The molecule has 2 atom stereocenters. The van der Waals surface area contributed by atoms with E-state index in [1.54, 1.807) is 0 Å². The lowest BCUT2D eigenvalue weighted by Crippen LogP contribution is -2.49. The van der Waals surface area contributed by atoms with Gasteiger partial charge in [0.25, 0.3) is 0 Å². The Bertz CT molecular complexity index is 250. The molecule has 92 valence electrons. The van der Waals surface area contributed by atoms with Crippen LogP contribution in [0, 0.1) is 0 Å². The van der Waals surface area contributed by atoms with Crippen LogP contribution in [0.15, 0.2) is 0 Å². The Morgan fingerprint density at radius 3 is 2.81 bits per heavy atom. The molecule has 1 aliphatic rings. The lowest BCUT2D eigenvalue weighted by Gasteiger charge is -2.23. The van der Waals surface area contributed by atoms with Gasteiger partial charge in [-0.15, -0.1) is 0 Å². The van der Waals surface area contributed by atoms with Gasteiger partial charge < -0.3 is 19.9 Å². The Morgan fingerprint density at radius 2 is 2.31 bits per heavy atom. The molecular weight excluding hydrogens is 214 g/mol. The molecule has 2 unspecified atom stereocenters. The average molecular weight is 231 g/mol. The van der Waals surface area contributed by atoms with E-state index in [-0.39, 0.29) is 5.91 Å². The summed E-state index contributed by atoms with van der Waals surface area (Å²) in [5.74, 6) is -1.03. The first-order valence-corrected chi connectivity index (χ1v) is 5.29. The van der Waals surface area contributed by atoms with Gasteiger partial charge in [-0.1, -0.05) is 0 Å². The van der Waals surface area contributed by atoms with Gasteiger partial charge in [0, 0.05) is 6.61 Å². The smallest absolute Gasteiger partial charge is 0.330 e. The molecule has 0 aliphatic carbocycles. The summed E-state index contributed by atoms with van der Waals surface area (Å²) in [6.45, 7) is 0.0746. The molecule has 0 spiro atoms. The normalized spacial score (nSPS) is 22.2. The number of ether oxygens (including phenoxy) is 2. The average Bonchev–Trinajstić information content (AvgIpc) is 2.35. The molecule has 0 radical (unpaired) electrons. The maximum absolute atomic E-state index is 11.6. The van der Waals surface area contributed by atoms with Gasteiger partial charge in [-0.05, 0) is 19.3 Å². The number of methoxy groups -OCH3 is 1. The van der Waals surface area contributed by atoms with Crippen molar-refractivity contribution in [2.75, 3.05) is 20.3 Å². The molecule has 1 rings (SSSR count). The van der Waals surface area contributed by atoms with Gasteiger partial charge in [0.15, 0.2) is 6.04 Å². The van der Waals surface area contributed by atoms with Crippen LogP contribution in [-0.2, 0) is 19.1 Å². The van der Waals surface area contributed by atoms with Crippen LogP contribution in [0.4, 0.5) is 0 Å². The highest BCUT2D eigenvalue weighted by molar-refractivity contribution is 5.87. The zero-order chi connectivity index (χ0) is 12.0. The number of aliphatic hydroxyl groups is 1. The minimum Gasteiger partial charge on any atom is -0.467 e. The second-order valence-corrected chi connectivity index (χ2v) is 3.62. The van der Waals surface area contributed by atoms with E-state index in [4.69, 9.17) is 9.84 Å². The van der Waals surface area contributed by atoms with Crippen molar-refractivity contribution in [2.24, 2.45) is 0 Å². The fourth-order valence-electron chi connectivity index (χ4n) is 1.53. The van der Waals surface area contributed by atoms with Crippen LogP contribution in [0.3, 0.4) is 0 Å². The van der Waals surface area contributed by atoms with Crippen LogP contribution in [0.25, 0.3) is 0 Å². The zero-order valence-corrected chi connectivity index (χ0v) is 9.27. The number of esters is 1. The molecule has 6 heteroatoms. The molecule has 2 N–H and O–H groups in total. The van der Waals surface area contributed by atoms with E-state index in [9.17, 15) is 9.59 Å². The Balaban J connectivity index is 2.44. The minimum absolute atomic E-state index is 0.371. The lowest BCUT2D eigenvalue weighted by molar-refractivity contribution is -0.148. The summed E-state index contributed by atoms with van der Waals surface area (Å²) < 4.78 is 9.69. The van der Waals surface area contributed by atoms with E-state index in [0.29, 0.717) is 13.0 Å². The molecule has 0 aromatic carbocycles. The van der Waals surface area contributed by atoms with E-state index in [2.05, 4.69) is 10.1 Å². The van der Waals surface area contributed by atoms with Crippen LogP contribution < -0.4 is 5.32 Å². The first-order valence-electron chi connectivity index (χ1n) is 5.29. The SMILES string of the molecule is COC(=O)C(CO)NC(=O)C1CCCCO1. The van der Waals surface area contributed by atoms with E-state index >= 15 is 0 Å². The molecule has 16 heavy (non-hydrogen) atoms. The van der Waals surface area contributed by atoms with Crippen molar-refractivity contribution in [3.8, 4) is 0 Å². The third kappa shape index (κ3) is 3.46. The van der Waals surface area contributed by atoms with Crippen molar-refractivity contribution < 1.29 is 24.2 Å². The maximum atomic E-state index is 11.6. The van der Waals surface area contributed by atoms with Crippen molar-refractivity contribution in [3.63, 3.8) is 0 Å². The van der Waals surface area contributed by atoms with Gasteiger partial charge >= 0.3 is 5.97 Å². The second kappa shape index (κ2) is 6.44. The topological polar surface area (TPSA) is 84.9 Å². The van der Waals surface area contributed by atoms with E-state index < -0.39 is 24.7 Å². The van der Waals surface area contributed by atoms with Gasteiger partial charge in [0.05, 0.1) is 13.7 Å². The quantitative estimate of drug-likeness (QED) is 0.619. The predicted molar refractivity (Wildman–Crippen MR) is 54.6 cm³/mol. The third-order valence-corrected chi connectivity index (χ3v) is 2.46. The van der Waals surface area contributed by atoms with Gasteiger partial charge in [-0.25, -0.2) is 4.79 Å². The monoisotopic (exact) mass is 231 g/mol. The highest BCUT2D eigenvalue weighted by Gasteiger charge is 2.27. The van der Waals surface area contributed by atoms with Crippen molar-refractivity contribution in [1.82, 2.24) is 5.32 Å². The summed E-state index contributed by atoms with van der Waals surface area (Å²) in [6.07, 6.45) is 2.00. The van der Waals surface area contributed by atoms with Crippen LogP contribution in [0.2, 0.25) is 0 Å². The summed E-state index contributed by atoms with van der Waals surface area (Å²) in [6, 6.07) is -1.01. The number of hydrogen-bond donors (Lipinski definition) is 2. The van der Waals surface area contributed by atoms with Crippen LogP contribution in [-0.4, -0.2) is 49.5 Å². The van der Waals surface area contributed by atoms with Crippen LogP contribution in [0.1, 0.15) is 19.3 Å². The summed E-state index contributed by atoms with van der Waals surface area (Å²) in [5.41, 5.74) is 0. The number of rotatable bonds is 4. The number of carbonyl (C=O) groups is 2. The zero-order valence-electron chi connectivity index (χ0n) is 9.27. The third-order valence-electron chi connectivity index (χ3n) is 2.46. The molecule has 0 aromatic heterocycles. The van der Waals surface area contributed by atoms with Crippen molar-refractivity contribution >= 4 is 11.9 Å². The molecule has 0 bridgehead atoms. The van der Waals surface area contributed by atoms with Crippen molar-refractivity contribution in [3.05, 3.63) is 0 Å². The molecule has 0 aromatic rings. The molecule has 6 nitrogen and oxygen atoms in total.